The molecular weight excluding hydrogens is 537 g/mol. The first kappa shape index (κ1) is 27.0. The van der Waals surface area contributed by atoms with Crippen LogP contribution in [0.3, 0.4) is 0 Å². The minimum absolute atomic E-state index is 0.0448. The molecule has 0 saturated carbocycles. The van der Waals surface area contributed by atoms with Gasteiger partial charge in [-0.15, -0.1) is 0 Å². The average molecular weight is 563 g/mol. The van der Waals surface area contributed by atoms with Gasteiger partial charge in [-0.25, -0.2) is 9.55 Å². The highest BCUT2D eigenvalue weighted by molar-refractivity contribution is 6.42. The Kier molecular flexibility index (Phi) is 7.83. The summed E-state index contributed by atoms with van der Waals surface area (Å²) < 4.78 is 1.43. The lowest BCUT2D eigenvalue weighted by molar-refractivity contribution is 0.0653. The Bertz CT molecular complexity index is 1450. The summed E-state index contributed by atoms with van der Waals surface area (Å²) in [5.74, 6) is -0.218. The van der Waals surface area contributed by atoms with Crippen LogP contribution in [0.4, 0.5) is 5.95 Å². The van der Waals surface area contributed by atoms with E-state index in [4.69, 9.17) is 39.8 Å². The number of amides is 2. The first-order valence-corrected chi connectivity index (χ1v) is 12.8. The molecule has 1 atom stereocenters. The molecule has 3 aromatic rings. The summed E-state index contributed by atoms with van der Waals surface area (Å²) >= 11 is 18.7. The molecule has 0 spiro atoms. The van der Waals surface area contributed by atoms with E-state index < -0.39 is 0 Å². The van der Waals surface area contributed by atoms with Gasteiger partial charge in [0.2, 0.25) is 5.95 Å². The fourth-order valence-corrected chi connectivity index (χ4v) is 4.84. The Labute approximate surface area is 229 Å². The van der Waals surface area contributed by atoms with Crippen molar-refractivity contribution in [2.75, 3.05) is 12.4 Å². The van der Waals surface area contributed by atoms with Gasteiger partial charge in [-0.2, -0.15) is 0 Å². The summed E-state index contributed by atoms with van der Waals surface area (Å²) in [6.07, 6.45) is 0.310. The van der Waals surface area contributed by atoms with Gasteiger partial charge in [-0.05, 0) is 63.6 Å². The fraction of sp³-hybridized carbons (Fsp3) is 0.308. The van der Waals surface area contributed by atoms with Crippen LogP contribution in [0.1, 0.15) is 52.7 Å². The van der Waals surface area contributed by atoms with Gasteiger partial charge in [-0.3, -0.25) is 14.4 Å². The molecule has 0 bridgehead atoms. The molecule has 0 unspecified atom stereocenters. The molecule has 4 rings (SSSR count). The highest BCUT2D eigenvalue weighted by Gasteiger charge is 2.32. The minimum atomic E-state index is -0.287. The molecule has 8 nitrogen and oxygen atoms in total. The Balaban J connectivity index is 1.79. The van der Waals surface area contributed by atoms with Crippen LogP contribution in [-0.4, -0.2) is 45.4 Å². The lowest BCUT2D eigenvalue weighted by atomic mass is 9.98. The summed E-state index contributed by atoms with van der Waals surface area (Å²) in [5, 5.41) is 6.66. The van der Waals surface area contributed by atoms with Gasteiger partial charge in [0.05, 0.1) is 33.0 Å². The standard InChI is InChI=1S/C26H26Cl3N5O3/c1-13(2)31-26-32-21-12-33(24(36)16-5-7-18(27)19(28)11-16)14(3)9-17(21)25(37)34(26)22-8-6-15(10-20(22)29)23(35)30-4/h5-8,10-11,13-14H,9,12H2,1-4H3,(H,30,35)(H,31,32)/t14-/m1/s1. The molecule has 0 aliphatic carbocycles. The third-order valence-corrected chi connectivity index (χ3v) is 7.18. The van der Waals surface area contributed by atoms with E-state index in [1.54, 1.807) is 29.2 Å². The predicted octanol–water partition coefficient (Wildman–Crippen LogP) is 4.96. The zero-order chi connectivity index (χ0) is 27.0. The zero-order valence-corrected chi connectivity index (χ0v) is 23.0. The van der Waals surface area contributed by atoms with E-state index >= 15 is 0 Å². The highest BCUT2D eigenvalue weighted by atomic mass is 35.5. The van der Waals surface area contributed by atoms with Crippen LogP contribution in [0.5, 0.6) is 0 Å². The number of benzene rings is 2. The molecule has 2 heterocycles. The van der Waals surface area contributed by atoms with Gasteiger partial charge < -0.3 is 15.5 Å². The van der Waals surface area contributed by atoms with Crippen molar-refractivity contribution in [2.45, 2.75) is 45.8 Å². The summed E-state index contributed by atoms with van der Waals surface area (Å²) in [7, 11) is 1.53. The molecule has 0 saturated heterocycles. The maximum atomic E-state index is 13.8. The number of nitrogens with one attached hydrogen (secondary N) is 2. The lowest BCUT2D eigenvalue weighted by Crippen LogP contribution is -2.46. The van der Waals surface area contributed by atoms with Crippen molar-refractivity contribution < 1.29 is 9.59 Å². The largest absolute Gasteiger partial charge is 0.355 e. The number of anilines is 1. The second-order valence-corrected chi connectivity index (χ2v) is 10.4. The number of carbonyl (C=O) groups excluding carboxylic acids is 2. The second-order valence-electron chi connectivity index (χ2n) is 9.16. The minimum Gasteiger partial charge on any atom is -0.355 e. The third-order valence-electron chi connectivity index (χ3n) is 6.14. The van der Waals surface area contributed by atoms with E-state index in [0.29, 0.717) is 50.5 Å². The number of aromatic nitrogens is 2. The van der Waals surface area contributed by atoms with Crippen LogP contribution in [0.15, 0.2) is 41.2 Å². The summed E-state index contributed by atoms with van der Waals surface area (Å²) in [6.45, 7) is 5.89. The second kappa shape index (κ2) is 10.7. The molecule has 194 valence electrons. The average Bonchev–Trinajstić information content (AvgIpc) is 2.85. The number of hydrogen-bond donors (Lipinski definition) is 2. The number of rotatable bonds is 5. The van der Waals surface area contributed by atoms with E-state index in [1.165, 1.54) is 23.7 Å². The quantitative estimate of drug-likeness (QED) is 0.458. The van der Waals surface area contributed by atoms with Crippen molar-refractivity contribution in [3.05, 3.63) is 84.2 Å². The van der Waals surface area contributed by atoms with Gasteiger partial charge in [0.15, 0.2) is 0 Å². The predicted molar refractivity (Wildman–Crippen MR) is 146 cm³/mol. The fourth-order valence-electron chi connectivity index (χ4n) is 4.28. The number of nitrogens with zero attached hydrogens (tertiary/aromatic N) is 3. The molecule has 0 fully saturated rings. The molecule has 37 heavy (non-hydrogen) atoms. The summed E-state index contributed by atoms with van der Waals surface area (Å²) in [6, 6.07) is 9.17. The van der Waals surface area contributed by atoms with E-state index in [0.717, 1.165) is 0 Å². The van der Waals surface area contributed by atoms with Crippen LogP contribution in [0, 0.1) is 0 Å². The van der Waals surface area contributed by atoms with Crippen molar-refractivity contribution in [3.8, 4) is 5.69 Å². The van der Waals surface area contributed by atoms with Crippen molar-refractivity contribution in [1.82, 2.24) is 19.8 Å². The molecular formula is C26H26Cl3N5O3. The van der Waals surface area contributed by atoms with Crippen LogP contribution in [0.25, 0.3) is 5.69 Å². The monoisotopic (exact) mass is 561 g/mol. The number of fused-ring (bicyclic) bond motifs is 1. The normalized spacial score (nSPS) is 14.9. The zero-order valence-electron chi connectivity index (χ0n) is 20.7. The van der Waals surface area contributed by atoms with E-state index in [-0.39, 0.29) is 41.0 Å². The lowest BCUT2D eigenvalue weighted by Gasteiger charge is -2.35. The van der Waals surface area contributed by atoms with Crippen LogP contribution < -0.4 is 16.2 Å². The van der Waals surface area contributed by atoms with E-state index in [1.807, 2.05) is 20.8 Å². The number of carbonyl (C=O) groups is 2. The Morgan fingerprint density at radius 1 is 1.03 bits per heavy atom. The van der Waals surface area contributed by atoms with Crippen molar-refractivity contribution in [2.24, 2.45) is 0 Å². The molecule has 2 N–H and O–H groups in total. The molecule has 1 aliphatic heterocycles. The topological polar surface area (TPSA) is 96.3 Å². The third kappa shape index (κ3) is 5.32. The molecule has 11 heteroatoms. The Morgan fingerprint density at radius 2 is 1.70 bits per heavy atom. The van der Waals surface area contributed by atoms with Crippen LogP contribution >= 0.6 is 34.8 Å². The first-order valence-electron chi connectivity index (χ1n) is 11.7. The van der Waals surface area contributed by atoms with Gasteiger partial charge in [-0.1, -0.05) is 34.8 Å². The van der Waals surface area contributed by atoms with Crippen molar-refractivity contribution >= 4 is 52.6 Å². The van der Waals surface area contributed by atoms with E-state index in [9.17, 15) is 14.4 Å². The maximum Gasteiger partial charge on any atom is 0.263 e. The van der Waals surface area contributed by atoms with Gasteiger partial charge in [0, 0.05) is 35.8 Å². The van der Waals surface area contributed by atoms with Crippen LogP contribution in [0.2, 0.25) is 15.1 Å². The Hall–Kier alpha value is -3.07. The summed E-state index contributed by atoms with van der Waals surface area (Å²) in [5.41, 5.74) is 1.91. The number of hydrogen-bond acceptors (Lipinski definition) is 5. The molecule has 1 aromatic heterocycles. The Morgan fingerprint density at radius 3 is 2.32 bits per heavy atom. The molecule has 1 aliphatic rings. The molecule has 2 amide bonds. The van der Waals surface area contributed by atoms with Gasteiger partial charge in [0.25, 0.3) is 17.4 Å². The van der Waals surface area contributed by atoms with Gasteiger partial charge in [0.1, 0.15) is 0 Å². The molecule has 0 radical (unpaired) electrons. The SMILES string of the molecule is CNC(=O)c1ccc(-n2c(NC(C)C)nc3c(c2=O)C[C@@H](C)N(C(=O)c2ccc(Cl)c(Cl)c2)C3)c(Cl)c1. The van der Waals surface area contributed by atoms with Crippen molar-refractivity contribution in [1.29, 1.82) is 0 Å². The van der Waals surface area contributed by atoms with Gasteiger partial charge >= 0.3 is 0 Å². The summed E-state index contributed by atoms with van der Waals surface area (Å²) in [4.78, 5) is 45.6. The van der Waals surface area contributed by atoms with Crippen LogP contribution in [-0.2, 0) is 13.0 Å². The molecule has 2 aromatic carbocycles. The van der Waals surface area contributed by atoms with E-state index in [2.05, 4.69) is 10.6 Å². The van der Waals surface area contributed by atoms with Crippen molar-refractivity contribution in [3.63, 3.8) is 0 Å². The smallest absolute Gasteiger partial charge is 0.263 e. The maximum absolute atomic E-state index is 13.8. The first-order chi connectivity index (χ1) is 17.5. The number of halogens is 3. The highest BCUT2D eigenvalue weighted by Crippen LogP contribution is 2.29.